The molecule has 2 aromatic carbocycles. The van der Waals surface area contributed by atoms with Crippen molar-refractivity contribution in [2.75, 3.05) is 6.61 Å². The van der Waals surface area contributed by atoms with Crippen LogP contribution in [0.15, 0.2) is 41.0 Å². The number of hydrogen-bond donors (Lipinski definition) is 2. The third-order valence-electron chi connectivity index (χ3n) is 6.07. The molecular weight excluding hydrogens is 458 g/mol. The van der Waals surface area contributed by atoms with Crippen molar-refractivity contribution in [2.45, 2.75) is 51.9 Å². The summed E-state index contributed by atoms with van der Waals surface area (Å²) in [5, 5.41) is 10.0. The van der Waals surface area contributed by atoms with E-state index in [1.807, 2.05) is 13.0 Å². The first-order valence-electron chi connectivity index (χ1n) is 10.9. The van der Waals surface area contributed by atoms with Crippen LogP contribution in [0.25, 0.3) is 10.9 Å². The van der Waals surface area contributed by atoms with Gasteiger partial charge in [0.25, 0.3) is 0 Å². The summed E-state index contributed by atoms with van der Waals surface area (Å²) in [5.41, 5.74) is 3.33. The average molecular weight is 486 g/mol. The van der Waals surface area contributed by atoms with Gasteiger partial charge in [-0.3, -0.25) is 0 Å². The molecule has 0 radical (unpaired) electrons. The largest absolute Gasteiger partial charge is 0.482 e. The van der Waals surface area contributed by atoms with E-state index in [9.17, 15) is 4.79 Å². The number of carboxylic acid groups (broad SMARTS) is 1. The summed E-state index contributed by atoms with van der Waals surface area (Å²) in [7, 11) is 0. The molecule has 1 saturated carbocycles. The number of hydrogen-bond acceptors (Lipinski definition) is 3. The van der Waals surface area contributed by atoms with Crippen molar-refractivity contribution in [3.63, 3.8) is 0 Å². The molecule has 1 heterocycles. The Kier molecular flexibility index (Phi) is 6.86. The number of carbonyl (C=O) groups is 1. The first-order valence-corrected chi connectivity index (χ1v) is 11.7. The Bertz CT molecular complexity index is 1050. The van der Waals surface area contributed by atoms with E-state index in [4.69, 9.17) is 14.6 Å². The molecule has 1 fully saturated rings. The molecule has 0 spiro atoms. The summed E-state index contributed by atoms with van der Waals surface area (Å²) < 4.78 is 12.2. The summed E-state index contributed by atoms with van der Waals surface area (Å²) in [6.07, 6.45) is 11.4. The first kappa shape index (κ1) is 21.8. The van der Waals surface area contributed by atoms with Crippen molar-refractivity contribution in [1.29, 1.82) is 0 Å². The highest BCUT2D eigenvalue weighted by molar-refractivity contribution is 9.10. The summed E-state index contributed by atoms with van der Waals surface area (Å²) >= 11 is 3.53. The zero-order valence-electron chi connectivity index (χ0n) is 17.7. The lowest BCUT2D eigenvalue weighted by molar-refractivity contribution is -0.139. The Morgan fingerprint density at radius 3 is 2.71 bits per heavy atom. The van der Waals surface area contributed by atoms with Gasteiger partial charge in [0, 0.05) is 17.1 Å². The molecule has 2 N–H and O–H groups in total. The molecule has 164 valence electrons. The second kappa shape index (κ2) is 9.77. The monoisotopic (exact) mass is 485 g/mol. The molecular formula is C25H28BrNO4. The fourth-order valence-corrected chi connectivity index (χ4v) is 5.06. The Morgan fingerprint density at radius 1 is 1.16 bits per heavy atom. The normalized spacial score (nSPS) is 14.6. The van der Waals surface area contributed by atoms with Gasteiger partial charge in [0.15, 0.2) is 6.61 Å². The fourth-order valence-electron chi connectivity index (χ4n) is 4.44. The molecule has 1 aliphatic carbocycles. The van der Waals surface area contributed by atoms with Crippen LogP contribution < -0.4 is 9.47 Å². The number of aryl methyl sites for hydroxylation is 2. The zero-order chi connectivity index (χ0) is 21.8. The van der Waals surface area contributed by atoms with Gasteiger partial charge >= 0.3 is 5.97 Å². The Labute approximate surface area is 190 Å². The summed E-state index contributed by atoms with van der Waals surface area (Å²) in [5.74, 6) is 1.81. The minimum Gasteiger partial charge on any atom is -0.482 e. The molecule has 5 nitrogen and oxygen atoms in total. The molecule has 0 saturated heterocycles. The molecule has 0 amide bonds. The number of ether oxygens (including phenoxy) is 2. The molecule has 1 aromatic heterocycles. The highest BCUT2D eigenvalue weighted by Gasteiger charge is 2.15. The predicted molar refractivity (Wildman–Crippen MR) is 125 cm³/mol. The average Bonchev–Trinajstić information content (AvgIpc) is 3.16. The van der Waals surface area contributed by atoms with Crippen molar-refractivity contribution in [3.05, 3.63) is 52.1 Å². The van der Waals surface area contributed by atoms with E-state index < -0.39 is 5.97 Å². The maximum Gasteiger partial charge on any atom is 0.341 e. The van der Waals surface area contributed by atoms with Gasteiger partial charge in [0.2, 0.25) is 0 Å². The van der Waals surface area contributed by atoms with E-state index in [0.717, 1.165) is 33.6 Å². The second-order valence-electron chi connectivity index (χ2n) is 8.40. The van der Waals surface area contributed by atoms with Crippen molar-refractivity contribution >= 4 is 32.8 Å². The number of carboxylic acids is 1. The zero-order valence-corrected chi connectivity index (χ0v) is 19.3. The van der Waals surface area contributed by atoms with Crippen LogP contribution >= 0.6 is 15.9 Å². The molecule has 0 aliphatic heterocycles. The summed E-state index contributed by atoms with van der Waals surface area (Å²) in [6.45, 7) is 1.54. The summed E-state index contributed by atoms with van der Waals surface area (Å²) in [4.78, 5) is 14.1. The smallest absolute Gasteiger partial charge is 0.341 e. The van der Waals surface area contributed by atoms with Gasteiger partial charge in [0.1, 0.15) is 17.2 Å². The second-order valence-corrected chi connectivity index (χ2v) is 9.25. The van der Waals surface area contributed by atoms with Crippen LogP contribution in [-0.4, -0.2) is 22.7 Å². The number of rotatable bonds is 8. The third-order valence-corrected chi connectivity index (χ3v) is 6.66. The van der Waals surface area contributed by atoms with Crippen LogP contribution in [0.5, 0.6) is 17.2 Å². The lowest BCUT2D eigenvalue weighted by atomic mass is 9.85. The van der Waals surface area contributed by atoms with Gasteiger partial charge in [-0.15, -0.1) is 0 Å². The highest BCUT2D eigenvalue weighted by atomic mass is 79.9. The van der Waals surface area contributed by atoms with Gasteiger partial charge in [0.05, 0.1) is 4.47 Å². The van der Waals surface area contributed by atoms with E-state index >= 15 is 0 Å². The van der Waals surface area contributed by atoms with Crippen LogP contribution in [0.3, 0.4) is 0 Å². The lowest BCUT2D eigenvalue weighted by Crippen LogP contribution is -2.09. The predicted octanol–water partition coefficient (Wildman–Crippen LogP) is 7.01. The molecule has 0 atom stereocenters. The topological polar surface area (TPSA) is 71.6 Å². The third kappa shape index (κ3) is 5.42. The van der Waals surface area contributed by atoms with Gasteiger partial charge in [-0.25, -0.2) is 4.79 Å². The van der Waals surface area contributed by atoms with Crippen LogP contribution in [0.2, 0.25) is 0 Å². The number of nitrogens with one attached hydrogen (secondary N) is 1. The van der Waals surface area contributed by atoms with Crippen molar-refractivity contribution < 1.29 is 19.4 Å². The van der Waals surface area contributed by atoms with E-state index in [0.29, 0.717) is 11.5 Å². The van der Waals surface area contributed by atoms with E-state index in [2.05, 4.69) is 39.2 Å². The highest BCUT2D eigenvalue weighted by Crippen LogP contribution is 2.38. The van der Waals surface area contributed by atoms with Crippen molar-refractivity contribution in [2.24, 2.45) is 5.92 Å². The van der Waals surface area contributed by atoms with Crippen molar-refractivity contribution in [3.8, 4) is 17.2 Å². The summed E-state index contributed by atoms with van der Waals surface area (Å²) in [6, 6.07) is 9.64. The first-order chi connectivity index (χ1) is 15.0. The maximum atomic E-state index is 10.7. The lowest BCUT2D eigenvalue weighted by Gasteiger charge is -2.21. The number of halogens is 1. The minimum absolute atomic E-state index is 0.375. The van der Waals surface area contributed by atoms with E-state index in [1.54, 1.807) is 12.1 Å². The van der Waals surface area contributed by atoms with E-state index in [1.165, 1.54) is 49.5 Å². The molecule has 1 aliphatic rings. The number of aromatic nitrogens is 1. The van der Waals surface area contributed by atoms with Gasteiger partial charge in [-0.1, -0.05) is 32.1 Å². The molecule has 0 bridgehead atoms. The number of aromatic amines is 1. The quantitative estimate of drug-likeness (QED) is 0.359. The molecule has 3 aromatic rings. The van der Waals surface area contributed by atoms with Crippen LogP contribution in [0.4, 0.5) is 0 Å². The SMILES string of the molecule is Cc1cc(OCC(=O)O)cc(Br)c1Oc1ccc2[nH]cc(CCC3CCCCC3)c2c1. The molecule has 4 rings (SSSR count). The van der Waals surface area contributed by atoms with Crippen molar-refractivity contribution in [1.82, 2.24) is 4.98 Å². The van der Waals surface area contributed by atoms with Gasteiger partial charge in [-0.2, -0.15) is 0 Å². The number of H-pyrrole nitrogens is 1. The standard InChI is InChI=1S/C25H28BrNO4/c1-16-11-20(30-15-24(28)29)13-22(26)25(16)31-19-9-10-23-21(12-19)18(14-27-23)8-7-17-5-3-2-4-6-17/h9-14,17,27H,2-8,15H2,1H3,(H,28,29). The Morgan fingerprint density at radius 2 is 1.97 bits per heavy atom. The van der Waals surface area contributed by atoms with Crippen LogP contribution in [0.1, 0.15) is 49.7 Å². The van der Waals surface area contributed by atoms with E-state index in [-0.39, 0.29) is 6.61 Å². The van der Waals surface area contributed by atoms with Crippen LogP contribution in [-0.2, 0) is 11.2 Å². The van der Waals surface area contributed by atoms with Gasteiger partial charge < -0.3 is 19.6 Å². The number of fused-ring (bicyclic) bond motifs is 1. The molecule has 0 unspecified atom stereocenters. The Balaban J connectivity index is 1.50. The number of benzene rings is 2. The van der Waals surface area contributed by atoms with Crippen LogP contribution in [0, 0.1) is 12.8 Å². The molecule has 31 heavy (non-hydrogen) atoms. The maximum absolute atomic E-state index is 10.7. The van der Waals surface area contributed by atoms with Gasteiger partial charge in [-0.05, 0) is 83.1 Å². The minimum atomic E-state index is -1.01. The number of aliphatic carboxylic acids is 1. The fraction of sp³-hybridized carbons (Fsp3) is 0.400. The Hall–Kier alpha value is -2.47. The molecule has 6 heteroatoms.